The molecule has 0 atom stereocenters. The van der Waals surface area contributed by atoms with Gasteiger partial charge in [0.1, 0.15) is 23.3 Å². The Morgan fingerprint density at radius 2 is 1.77 bits per heavy atom. The van der Waals surface area contributed by atoms with Crippen molar-refractivity contribution < 1.29 is 18.7 Å². The summed E-state index contributed by atoms with van der Waals surface area (Å²) >= 11 is 5.84. The number of Topliss-reactive ketones (excluding diaryl/α,β-unsaturated/α-hetero) is 1. The monoisotopic (exact) mass is 420 g/mol. The van der Waals surface area contributed by atoms with Crippen LogP contribution in [0, 0.1) is 0 Å². The molecule has 0 radical (unpaired) electrons. The van der Waals surface area contributed by atoms with Crippen LogP contribution in [0.4, 0.5) is 0 Å². The fourth-order valence-electron chi connectivity index (χ4n) is 3.12. The summed E-state index contributed by atoms with van der Waals surface area (Å²) in [7, 11) is 1.55. The molecule has 4 aromatic rings. The van der Waals surface area contributed by atoms with Gasteiger partial charge in [0.2, 0.25) is 5.43 Å². The molecule has 0 aliphatic rings. The van der Waals surface area contributed by atoms with Gasteiger partial charge in [-0.3, -0.25) is 9.59 Å². The normalized spacial score (nSPS) is 10.7. The van der Waals surface area contributed by atoms with Crippen LogP contribution in [0.25, 0.3) is 22.1 Å². The lowest BCUT2D eigenvalue weighted by atomic mass is 10.0. The first-order valence-corrected chi connectivity index (χ1v) is 9.55. The largest absolute Gasteiger partial charge is 0.496 e. The molecule has 3 aromatic carbocycles. The van der Waals surface area contributed by atoms with Crippen LogP contribution < -0.4 is 14.9 Å². The van der Waals surface area contributed by atoms with E-state index in [1.165, 1.54) is 6.26 Å². The second-order valence-electron chi connectivity index (χ2n) is 6.56. The van der Waals surface area contributed by atoms with Crippen molar-refractivity contribution in [2.24, 2.45) is 0 Å². The van der Waals surface area contributed by atoms with Crippen LogP contribution >= 0.6 is 11.6 Å². The molecule has 4 rings (SSSR count). The fourth-order valence-corrected chi connectivity index (χ4v) is 3.25. The Balaban J connectivity index is 1.59. The quantitative estimate of drug-likeness (QED) is 0.391. The average molecular weight is 421 g/mol. The highest BCUT2D eigenvalue weighted by Crippen LogP contribution is 2.29. The molecule has 0 fully saturated rings. The van der Waals surface area contributed by atoms with E-state index in [0.29, 0.717) is 44.2 Å². The fraction of sp³-hybridized carbons (Fsp3) is 0.0833. The molecule has 0 unspecified atom stereocenters. The van der Waals surface area contributed by atoms with Crippen molar-refractivity contribution in [3.05, 3.63) is 93.8 Å². The Labute approximate surface area is 177 Å². The predicted molar refractivity (Wildman–Crippen MR) is 116 cm³/mol. The number of hydrogen-bond donors (Lipinski definition) is 0. The maximum Gasteiger partial charge on any atom is 0.200 e. The number of para-hydroxylation sites is 1. The lowest BCUT2D eigenvalue weighted by Crippen LogP contribution is -2.11. The van der Waals surface area contributed by atoms with Gasteiger partial charge in [-0.05, 0) is 42.5 Å². The molecule has 0 amide bonds. The van der Waals surface area contributed by atoms with Crippen molar-refractivity contribution in [2.75, 3.05) is 13.7 Å². The molecule has 1 heterocycles. The highest BCUT2D eigenvalue weighted by atomic mass is 35.5. The van der Waals surface area contributed by atoms with E-state index in [4.69, 9.17) is 25.5 Å². The Kier molecular flexibility index (Phi) is 5.55. The van der Waals surface area contributed by atoms with Crippen molar-refractivity contribution in [1.82, 2.24) is 0 Å². The number of ether oxygens (including phenoxy) is 2. The number of ketones is 1. The summed E-state index contributed by atoms with van der Waals surface area (Å²) in [5, 5.41) is 0.972. The molecule has 6 heteroatoms. The topological polar surface area (TPSA) is 65.7 Å². The molecular formula is C24H17ClO5. The third-order valence-electron chi connectivity index (χ3n) is 4.68. The van der Waals surface area contributed by atoms with Gasteiger partial charge >= 0.3 is 0 Å². The Morgan fingerprint density at radius 3 is 2.53 bits per heavy atom. The van der Waals surface area contributed by atoms with Gasteiger partial charge < -0.3 is 13.9 Å². The summed E-state index contributed by atoms with van der Waals surface area (Å²) in [5.41, 5.74) is 1.77. The van der Waals surface area contributed by atoms with Gasteiger partial charge in [0.25, 0.3) is 0 Å². The number of carbonyl (C=O) groups is 1. The summed E-state index contributed by atoms with van der Waals surface area (Å²) in [4.78, 5) is 25.2. The van der Waals surface area contributed by atoms with E-state index in [-0.39, 0.29) is 17.8 Å². The summed E-state index contributed by atoms with van der Waals surface area (Å²) < 4.78 is 16.6. The van der Waals surface area contributed by atoms with E-state index in [1.54, 1.807) is 61.7 Å². The van der Waals surface area contributed by atoms with Crippen LogP contribution in [0.1, 0.15) is 10.4 Å². The van der Waals surface area contributed by atoms with Gasteiger partial charge in [0, 0.05) is 22.2 Å². The zero-order valence-electron chi connectivity index (χ0n) is 16.1. The summed E-state index contributed by atoms with van der Waals surface area (Å²) in [6.07, 6.45) is 1.41. The standard InChI is InChI=1S/C24H17ClO5/c1-28-22-5-3-2-4-18(22)20-13-30-23-12-17(10-11-19(23)24(20)27)29-14-21(26)15-6-8-16(25)9-7-15/h2-13H,14H2,1H3. The number of fused-ring (bicyclic) bond motifs is 1. The highest BCUT2D eigenvalue weighted by molar-refractivity contribution is 6.30. The van der Waals surface area contributed by atoms with Gasteiger partial charge in [-0.25, -0.2) is 0 Å². The third kappa shape index (κ3) is 3.93. The zero-order chi connectivity index (χ0) is 21.1. The Bertz CT molecular complexity index is 1280. The minimum absolute atomic E-state index is 0.142. The van der Waals surface area contributed by atoms with E-state index >= 15 is 0 Å². The van der Waals surface area contributed by atoms with Crippen LogP contribution in [0.5, 0.6) is 11.5 Å². The first-order chi connectivity index (χ1) is 14.6. The molecule has 5 nitrogen and oxygen atoms in total. The molecule has 150 valence electrons. The van der Waals surface area contributed by atoms with Crippen LogP contribution in [-0.2, 0) is 0 Å². The van der Waals surface area contributed by atoms with E-state index in [1.807, 2.05) is 12.1 Å². The summed E-state index contributed by atoms with van der Waals surface area (Å²) in [5.74, 6) is 0.836. The van der Waals surface area contributed by atoms with Gasteiger partial charge in [0.15, 0.2) is 12.4 Å². The molecular weight excluding hydrogens is 404 g/mol. The van der Waals surface area contributed by atoms with E-state index in [0.717, 1.165) is 0 Å². The average Bonchev–Trinajstić information content (AvgIpc) is 2.78. The number of benzene rings is 3. The maximum absolute atomic E-state index is 13.0. The second-order valence-corrected chi connectivity index (χ2v) is 6.99. The SMILES string of the molecule is COc1ccccc1-c1coc2cc(OCC(=O)c3ccc(Cl)cc3)ccc2c1=O. The van der Waals surface area contributed by atoms with E-state index < -0.39 is 0 Å². The molecule has 30 heavy (non-hydrogen) atoms. The van der Waals surface area contributed by atoms with E-state index in [2.05, 4.69) is 0 Å². The summed E-state index contributed by atoms with van der Waals surface area (Å²) in [6, 6.07) is 18.7. The van der Waals surface area contributed by atoms with Crippen LogP contribution in [0.3, 0.4) is 0 Å². The minimum Gasteiger partial charge on any atom is -0.496 e. The number of halogens is 1. The first-order valence-electron chi connectivity index (χ1n) is 9.17. The van der Waals surface area contributed by atoms with Crippen molar-refractivity contribution in [2.45, 2.75) is 0 Å². The Morgan fingerprint density at radius 1 is 1.00 bits per heavy atom. The Hall–Kier alpha value is -3.57. The van der Waals surface area contributed by atoms with Gasteiger partial charge in [-0.15, -0.1) is 0 Å². The highest BCUT2D eigenvalue weighted by Gasteiger charge is 2.14. The molecule has 0 spiro atoms. The van der Waals surface area contributed by atoms with Gasteiger partial charge in [0.05, 0.1) is 18.1 Å². The smallest absolute Gasteiger partial charge is 0.200 e. The van der Waals surface area contributed by atoms with Crippen molar-refractivity contribution >= 4 is 28.4 Å². The van der Waals surface area contributed by atoms with Crippen molar-refractivity contribution in [1.29, 1.82) is 0 Å². The lowest BCUT2D eigenvalue weighted by molar-refractivity contribution is 0.0921. The third-order valence-corrected chi connectivity index (χ3v) is 4.93. The first kappa shape index (κ1) is 19.7. The van der Waals surface area contributed by atoms with Crippen LogP contribution in [-0.4, -0.2) is 19.5 Å². The zero-order valence-corrected chi connectivity index (χ0v) is 16.8. The second kappa shape index (κ2) is 8.43. The number of hydrogen-bond acceptors (Lipinski definition) is 5. The van der Waals surface area contributed by atoms with Gasteiger partial charge in [-0.1, -0.05) is 29.8 Å². The molecule has 0 N–H and O–H groups in total. The molecule has 1 aromatic heterocycles. The van der Waals surface area contributed by atoms with Crippen molar-refractivity contribution in [3.8, 4) is 22.6 Å². The predicted octanol–water partition coefficient (Wildman–Crippen LogP) is 5.38. The van der Waals surface area contributed by atoms with Crippen LogP contribution in [0.15, 0.2) is 82.2 Å². The maximum atomic E-state index is 13.0. The molecule has 0 aliphatic heterocycles. The number of carbonyl (C=O) groups excluding carboxylic acids is 1. The van der Waals surface area contributed by atoms with E-state index in [9.17, 15) is 9.59 Å². The van der Waals surface area contributed by atoms with Gasteiger partial charge in [-0.2, -0.15) is 0 Å². The minimum atomic E-state index is -0.181. The summed E-state index contributed by atoms with van der Waals surface area (Å²) in [6.45, 7) is -0.142. The molecule has 0 bridgehead atoms. The lowest BCUT2D eigenvalue weighted by Gasteiger charge is -2.09. The van der Waals surface area contributed by atoms with Crippen molar-refractivity contribution in [3.63, 3.8) is 0 Å². The number of rotatable bonds is 6. The molecule has 0 saturated heterocycles. The molecule has 0 saturated carbocycles. The molecule has 0 aliphatic carbocycles. The van der Waals surface area contributed by atoms with Crippen LogP contribution in [0.2, 0.25) is 5.02 Å². The number of methoxy groups -OCH3 is 1.